The number of hydrogen-bond acceptors (Lipinski definition) is 4. The molecule has 2 rings (SSSR count). The zero-order valence-corrected chi connectivity index (χ0v) is 11.5. The summed E-state index contributed by atoms with van der Waals surface area (Å²) in [5, 5.41) is 2.80. The van der Waals surface area contributed by atoms with E-state index >= 15 is 0 Å². The fourth-order valence-electron chi connectivity index (χ4n) is 2.35. The average molecular weight is 282 g/mol. The molecule has 1 unspecified atom stereocenters. The summed E-state index contributed by atoms with van der Waals surface area (Å²) in [6.07, 6.45) is 8.83. The lowest BCUT2D eigenvalue weighted by Gasteiger charge is -2.17. The maximum absolute atomic E-state index is 12.0. The molecule has 1 atom stereocenters. The highest BCUT2D eigenvalue weighted by Gasteiger charge is 2.22. The molecule has 0 aromatic heterocycles. The third-order valence-electron chi connectivity index (χ3n) is 3.38. The van der Waals surface area contributed by atoms with E-state index in [9.17, 15) is 13.2 Å². The van der Waals surface area contributed by atoms with Crippen molar-refractivity contribution in [2.45, 2.75) is 12.8 Å². The first kappa shape index (κ1) is 14.0. The fraction of sp³-hybridized carbons (Fsp3) is 0.538. The number of hydrogen-bond donors (Lipinski definition) is 1. The van der Waals surface area contributed by atoms with Gasteiger partial charge in [0.15, 0.2) is 0 Å². The van der Waals surface area contributed by atoms with E-state index < -0.39 is 16.2 Å². The molecule has 1 fully saturated rings. The summed E-state index contributed by atoms with van der Waals surface area (Å²) >= 11 is 0. The monoisotopic (exact) mass is 282 g/mol. The number of nitrogens with zero attached hydrogens (tertiary/aromatic N) is 1. The molecule has 104 valence electrons. The van der Waals surface area contributed by atoms with Crippen molar-refractivity contribution < 1.29 is 13.2 Å². The van der Waals surface area contributed by atoms with Crippen molar-refractivity contribution in [2.75, 3.05) is 26.2 Å². The minimum absolute atomic E-state index is 0.126. The molecule has 1 N–H and O–H groups in total. The number of rotatable bonds is 4. The molecule has 0 radical (unpaired) electrons. The van der Waals surface area contributed by atoms with Gasteiger partial charge in [-0.25, -0.2) is 0 Å². The van der Waals surface area contributed by atoms with E-state index in [1.165, 1.54) is 18.9 Å². The zero-order chi connectivity index (χ0) is 13.7. The molecule has 0 spiro atoms. The number of allylic oxidation sites excluding steroid dienone is 3. The van der Waals surface area contributed by atoms with Crippen LogP contribution in [0.4, 0.5) is 0 Å². The van der Waals surface area contributed by atoms with E-state index in [0.29, 0.717) is 6.54 Å². The summed E-state index contributed by atoms with van der Waals surface area (Å²) in [5.41, 5.74) is 0. The Morgan fingerprint density at radius 1 is 1.32 bits per heavy atom. The summed E-state index contributed by atoms with van der Waals surface area (Å²) in [6, 6.07) is 0. The Labute approximate surface area is 114 Å². The van der Waals surface area contributed by atoms with Crippen LogP contribution >= 0.6 is 0 Å². The maximum atomic E-state index is 12.0. The Kier molecular flexibility index (Phi) is 4.93. The lowest BCUT2D eigenvalue weighted by atomic mass is 10.00. The van der Waals surface area contributed by atoms with Crippen LogP contribution in [0.3, 0.4) is 0 Å². The second-order valence-electron chi connectivity index (χ2n) is 4.70. The maximum Gasteiger partial charge on any atom is 0.232 e. The third-order valence-corrected chi connectivity index (χ3v) is 4.16. The van der Waals surface area contributed by atoms with E-state index in [0.717, 1.165) is 19.6 Å². The van der Waals surface area contributed by atoms with Gasteiger partial charge in [-0.2, -0.15) is 8.42 Å². The van der Waals surface area contributed by atoms with Crippen LogP contribution in [0.2, 0.25) is 0 Å². The molecule has 0 saturated carbocycles. The van der Waals surface area contributed by atoms with Crippen molar-refractivity contribution in [3.05, 3.63) is 24.3 Å². The van der Waals surface area contributed by atoms with Crippen molar-refractivity contribution in [1.29, 1.82) is 0 Å². The van der Waals surface area contributed by atoms with Crippen LogP contribution in [0.5, 0.6) is 0 Å². The Morgan fingerprint density at radius 2 is 2.05 bits per heavy atom. The highest BCUT2D eigenvalue weighted by atomic mass is 32.2. The van der Waals surface area contributed by atoms with Crippen molar-refractivity contribution in [1.82, 2.24) is 10.2 Å². The van der Waals surface area contributed by atoms with Gasteiger partial charge >= 0.3 is 0 Å². The van der Waals surface area contributed by atoms with Gasteiger partial charge in [-0.3, -0.25) is 4.79 Å². The molecule has 2 aliphatic rings. The minimum Gasteiger partial charge on any atom is -0.354 e. The van der Waals surface area contributed by atoms with Crippen LogP contribution in [0.25, 0.3) is 0 Å². The number of carbonyl (C=O) groups is 1. The van der Waals surface area contributed by atoms with Crippen LogP contribution < -0.4 is 5.32 Å². The van der Waals surface area contributed by atoms with E-state index in [1.54, 1.807) is 18.2 Å². The molecule has 6 heteroatoms. The molecule has 0 aromatic rings. The molecule has 0 aromatic carbocycles. The first-order valence-electron chi connectivity index (χ1n) is 6.49. The fourth-order valence-corrected chi connectivity index (χ4v) is 2.94. The van der Waals surface area contributed by atoms with Gasteiger partial charge < -0.3 is 10.2 Å². The highest BCUT2D eigenvalue weighted by Crippen LogP contribution is 2.09. The van der Waals surface area contributed by atoms with Crippen LogP contribution in [0.15, 0.2) is 24.3 Å². The standard InChI is InChI=1S/C13H18N2O3S/c16-13(14-7-10-15-8-3-4-9-15)11-5-1-2-6-12(11)19(17)18/h1-2,5-6,11H,3-4,7-10H2,(H,14,16). The number of nitrogens with one attached hydrogen (secondary N) is 1. The SMILES string of the molecule is O=C(NCCN1CCCC1)C1C=CC=CC1=S(=O)=O. The Hall–Kier alpha value is -1.40. The summed E-state index contributed by atoms with van der Waals surface area (Å²) in [5.74, 6) is -0.944. The van der Waals surface area contributed by atoms with E-state index in [-0.39, 0.29) is 10.8 Å². The van der Waals surface area contributed by atoms with E-state index in [4.69, 9.17) is 0 Å². The van der Waals surface area contributed by atoms with Crippen LogP contribution in [0.1, 0.15) is 12.8 Å². The van der Waals surface area contributed by atoms with E-state index in [1.807, 2.05) is 0 Å². The Balaban J connectivity index is 1.87. The molecule has 1 amide bonds. The van der Waals surface area contributed by atoms with Crippen molar-refractivity contribution in [2.24, 2.45) is 5.92 Å². The normalized spacial score (nSPS) is 22.7. The number of amides is 1. The van der Waals surface area contributed by atoms with Gasteiger partial charge in [-0.15, -0.1) is 0 Å². The second-order valence-corrected chi connectivity index (χ2v) is 5.64. The molecule has 5 nitrogen and oxygen atoms in total. The van der Waals surface area contributed by atoms with Gasteiger partial charge in [0, 0.05) is 13.1 Å². The lowest BCUT2D eigenvalue weighted by Crippen LogP contribution is -2.39. The van der Waals surface area contributed by atoms with Gasteiger partial charge in [-0.1, -0.05) is 18.2 Å². The second kappa shape index (κ2) is 6.68. The molecule has 0 bridgehead atoms. The summed E-state index contributed by atoms with van der Waals surface area (Å²) in [6.45, 7) is 3.56. The van der Waals surface area contributed by atoms with Crippen molar-refractivity contribution in [3.63, 3.8) is 0 Å². The molecule has 1 saturated heterocycles. The third kappa shape index (κ3) is 3.78. The van der Waals surface area contributed by atoms with Gasteiger partial charge in [0.25, 0.3) is 0 Å². The quantitative estimate of drug-likeness (QED) is 0.737. The Bertz CT molecular complexity index is 520. The number of likely N-dealkylation sites (tertiary alicyclic amines) is 1. The smallest absolute Gasteiger partial charge is 0.232 e. The predicted molar refractivity (Wildman–Crippen MR) is 74.4 cm³/mol. The Morgan fingerprint density at radius 3 is 2.74 bits per heavy atom. The van der Waals surface area contributed by atoms with Crippen molar-refractivity contribution >= 4 is 21.1 Å². The molecule has 1 heterocycles. The summed E-state index contributed by atoms with van der Waals surface area (Å²) in [4.78, 5) is 14.4. The molecule has 19 heavy (non-hydrogen) atoms. The molecule has 1 aliphatic heterocycles. The highest BCUT2D eigenvalue weighted by molar-refractivity contribution is 7.73. The minimum atomic E-state index is -2.35. The van der Waals surface area contributed by atoms with E-state index in [2.05, 4.69) is 10.2 Å². The summed E-state index contributed by atoms with van der Waals surface area (Å²) in [7, 11) is -2.35. The summed E-state index contributed by atoms with van der Waals surface area (Å²) < 4.78 is 22.1. The largest absolute Gasteiger partial charge is 0.354 e. The first-order chi connectivity index (χ1) is 9.18. The van der Waals surface area contributed by atoms with Crippen molar-refractivity contribution in [3.8, 4) is 0 Å². The lowest BCUT2D eigenvalue weighted by molar-refractivity contribution is -0.121. The van der Waals surface area contributed by atoms with Gasteiger partial charge in [0.2, 0.25) is 16.2 Å². The topological polar surface area (TPSA) is 66.5 Å². The molecular formula is C13H18N2O3S. The average Bonchev–Trinajstić information content (AvgIpc) is 2.91. The van der Waals surface area contributed by atoms with Gasteiger partial charge in [0.1, 0.15) is 0 Å². The zero-order valence-electron chi connectivity index (χ0n) is 10.7. The van der Waals surface area contributed by atoms with Crippen LogP contribution in [0, 0.1) is 5.92 Å². The van der Waals surface area contributed by atoms with Crippen LogP contribution in [-0.2, 0) is 15.1 Å². The number of carbonyl (C=O) groups excluding carboxylic acids is 1. The molecular weight excluding hydrogens is 264 g/mol. The van der Waals surface area contributed by atoms with Crippen LogP contribution in [-0.4, -0.2) is 50.3 Å². The molecule has 1 aliphatic carbocycles. The van der Waals surface area contributed by atoms with Gasteiger partial charge in [0.05, 0.1) is 10.8 Å². The first-order valence-corrected chi connectivity index (χ1v) is 7.57. The predicted octanol–water partition coefficient (Wildman–Crippen LogP) is -0.00790. The van der Waals surface area contributed by atoms with Gasteiger partial charge in [-0.05, 0) is 32.0 Å².